The van der Waals surface area contributed by atoms with Gasteiger partial charge in [-0.1, -0.05) is 0 Å². The van der Waals surface area contributed by atoms with Crippen LogP contribution in [0.2, 0.25) is 0 Å². The van der Waals surface area contributed by atoms with Crippen LogP contribution in [-0.4, -0.2) is 67.8 Å². The van der Waals surface area contributed by atoms with Crippen molar-refractivity contribution >= 4 is 6.09 Å². The lowest BCUT2D eigenvalue weighted by Crippen LogP contribution is -2.50. The third-order valence-electron chi connectivity index (χ3n) is 3.37. The number of likely N-dealkylation sites (N-methyl/N-ethyl adjacent to an activating group) is 1. The van der Waals surface area contributed by atoms with Crippen LogP contribution in [0, 0.1) is 0 Å². The second-order valence-electron chi connectivity index (χ2n) is 6.83. The third-order valence-corrected chi connectivity index (χ3v) is 3.37. The molecule has 0 aromatic carbocycles. The maximum Gasteiger partial charge on any atom is 0.410 e. The highest BCUT2D eigenvalue weighted by molar-refractivity contribution is 5.68. The van der Waals surface area contributed by atoms with E-state index in [1.165, 1.54) is 6.42 Å². The van der Waals surface area contributed by atoms with Gasteiger partial charge in [0.05, 0.1) is 0 Å². The van der Waals surface area contributed by atoms with Crippen LogP contribution in [0.3, 0.4) is 0 Å². The highest BCUT2D eigenvalue weighted by Gasteiger charge is 2.29. The predicted octanol–water partition coefficient (Wildman–Crippen LogP) is 1.93. The summed E-state index contributed by atoms with van der Waals surface area (Å²) in [5.41, 5.74) is -0.419. The zero-order chi connectivity index (χ0) is 15.2. The lowest BCUT2D eigenvalue weighted by atomic mass is 10.0. The Morgan fingerprint density at radius 2 is 2.05 bits per heavy atom. The summed E-state index contributed by atoms with van der Waals surface area (Å²) in [6.07, 6.45) is 3.16. The van der Waals surface area contributed by atoms with Crippen molar-refractivity contribution in [2.24, 2.45) is 0 Å². The van der Waals surface area contributed by atoms with Gasteiger partial charge in [-0.3, -0.25) is 0 Å². The molecule has 0 spiro atoms. The van der Waals surface area contributed by atoms with Crippen molar-refractivity contribution in [3.05, 3.63) is 0 Å². The standard InChI is InChI=1S/C15H31N3O2/c1-15(2,3)20-14(19)18-10-7-6-8-13(18)12-16-9-11-17(4)5/h13,16H,6-12H2,1-5H3/t13-/m1/s1. The molecule has 1 atom stereocenters. The van der Waals surface area contributed by atoms with E-state index >= 15 is 0 Å². The number of nitrogens with zero attached hydrogens (tertiary/aromatic N) is 2. The zero-order valence-electron chi connectivity index (χ0n) is 13.7. The normalized spacial score (nSPS) is 20.3. The van der Waals surface area contributed by atoms with Gasteiger partial charge in [-0.2, -0.15) is 0 Å². The van der Waals surface area contributed by atoms with Crippen LogP contribution in [-0.2, 0) is 4.74 Å². The molecule has 1 aliphatic rings. The van der Waals surface area contributed by atoms with Gasteiger partial charge in [0.25, 0.3) is 0 Å². The first-order chi connectivity index (χ1) is 9.29. The molecule has 0 aromatic rings. The lowest BCUT2D eigenvalue weighted by molar-refractivity contribution is 0.00995. The van der Waals surface area contributed by atoms with Crippen LogP contribution in [0.5, 0.6) is 0 Å². The van der Waals surface area contributed by atoms with Crippen LogP contribution in [0.1, 0.15) is 40.0 Å². The second-order valence-corrected chi connectivity index (χ2v) is 6.83. The number of amides is 1. The molecule has 5 heteroatoms. The highest BCUT2D eigenvalue weighted by atomic mass is 16.6. The van der Waals surface area contributed by atoms with Gasteiger partial charge in [-0.15, -0.1) is 0 Å². The number of carbonyl (C=O) groups is 1. The summed E-state index contributed by atoms with van der Waals surface area (Å²) in [4.78, 5) is 16.3. The number of carbonyl (C=O) groups excluding carboxylic acids is 1. The van der Waals surface area contributed by atoms with Gasteiger partial charge in [0.2, 0.25) is 0 Å². The first-order valence-corrected chi connectivity index (χ1v) is 7.64. The lowest BCUT2D eigenvalue weighted by Gasteiger charge is -2.37. The first kappa shape index (κ1) is 17.2. The number of hydrogen-bond donors (Lipinski definition) is 1. The van der Waals surface area contributed by atoms with Crippen molar-refractivity contribution in [1.82, 2.24) is 15.1 Å². The van der Waals surface area contributed by atoms with Crippen molar-refractivity contribution < 1.29 is 9.53 Å². The molecular formula is C15H31N3O2. The fourth-order valence-corrected chi connectivity index (χ4v) is 2.35. The fraction of sp³-hybridized carbons (Fsp3) is 0.933. The second kappa shape index (κ2) is 7.84. The third kappa shape index (κ3) is 6.57. The first-order valence-electron chi connectivity index (χ1n) is 7.64. The van der Waals surface area contributed by atoms with E-state index in [0.29, 0.717) is 0 Å². The van der Waals surface area contributed by atoms with Gasteiger partial charge in [0.1, 0.15) is 5.60 Å². The maximum absolute atomic E-state index is 12.2. The molecule has 1 rings (SSSR count). The van der Waals surface area contributed by atoms with Gasteiger partial charge in [-0.25, -0.2) is 4.79 Å². The summed E-state index contributed by atoms with van der Waals surface area (Å²) in [6, 6.07) is 0.265. The van der Waals surface area contributed by atoms with Gasteiger partial charge in [-0.05, 0) is 54.1 Å². The van der Waals surface area contributed by atoms with Crippen molar-refractivity contribution in [3.8, 4) is 0 Å². The van der Waals surface area contributed by atoms with E-state index in [4.69, 9.17) is 4.74 Å². The molecule has 1 amide bonds. The monoisotopic (exact) mass is 285 g/mol. The number of ether oxygens (including phenoxy) is 1. The van der Waals surface area contributed by atoms with E-state index in [1.54, 1.807) is 0 Å². The summed E-state index contributed by atoms with van der Waals surface area (Å²) in [5, 5.41) is 3.44. The van der Waals surface area contributed by atoms with Gasteiger partial charge in [0, 0.05) is 32.2 Å². The number of hydrogen-bond acceptors (Lipinski definition) is 4. The van der Waals surface area contributed by atoms with Crippen LogP contribution in [0.25, 0.3) is 0 Å². The fourth-order valence-electron chi connectivity index (χ4n) is 2.35. The van der Waals surface area contributed by atoms with Gasteiger partial charge < -0.3 is 19.9 Å². The molecule has 5 nitrogen and oxygen atoms in total. The number of rotatable bonds is 5. The number of likely N-dealkylation sites (tertiary alicyclic amines) is 1. The summed E-state index contributed by atoms with van der Waals surface area (Å²) in [5.74, 6) is 0. The molecule has 0 aromatic heterocycles. The molecule has 1 aliphatic heterocycles. The molecule has 1 N–H and O–H groups in total. The summed E-state index contributed by atoms with van der Waals surface area (Å²) >= 11 is 0. The average Bonchev–Trinajstić information content (AvgIpc) is 2.32. The minimum atomic E-state index is -0.419. The Balaban J connectivity index is 2.43. The van der Waals surface area contributed by atoms with E-state index < -0.39 is 5.60 Å². The van der Waals surface area contributed by atoms with E-state index in [0.717, 1.165) is 39.0 Å². The Morgan fingerprint density at radius 3 is 2.65 bits per heavy atom. The van der Waals surface area contributed by atoms with Crippen LogP contribution >= 0.6 is 0 Å². The molecule has 20 heavy (non-hydrogen) atoms. The summed E-state index contributed by atoms with van der Waals surface area (Å²) in [6.45, 7) is 9.38. The van der Waals surface area contributed by atoms with Crippen molar-refractivity contribution in [3.63, 3.8) is 0 Å². The number of piperidine rings is 1. The molecule has 0 radical (unpaired) electrons. The molecule has 118 valence electrons. The molecule has 0 aliphatic carbocycles. The van der Waals surface area contributed by atoms with Gasteiger partial charge >= 0.3 is 6.09 Å². The van der Waals surface area contributed by atoms with Crippen LogP contribution < -0.4 is 5.32 Å². The Labute approximate surface area is 123 Å². The molecule has 0 saturated carbocycles. The quantitative estimate of drug-likeness (QED) is 0.784. The molecule has 1 saturated heterocycles. The summed E-state index contributed by atoms with van der Waals surface area (Å²) < 4.78 is 5.50. The Morgan fingerprint density at radius 1 is 1.35 bits per heavy atom. The molecule has 0 bridgehead atoms. The Hall–Kier alpha value is -0.810. The number of nitrogens with one attached hydrogen (secondary N) is 1. The SMILES string of the molecule is CN(C)CCNC[C@H]1CCCCN1C(=O)OC(C)(C)C. The average molecular weight is 285 g/mol. The minimum Gasteiger partial charge on any atom is -0.444 e. The molecular weight excluding hydrogens is 254 g/mol. The largest absolute Gasteiger partial charge is 0.444 e. The molecule has 0 unspecified atom stereocenters. The van der Waals surface area contributed by atoms with Crippen LogP contribution in [0.4, 0.5) is 4.79 Å². The molecule has 1 heterocycles. The van der Waals surface area contributed by atoms with Crippen molar-refractivity contribution in [1.29, 1.82) is 0 Å². The maximum atomic E-state index is 12.2. The van der Waals surface area contributed by atoms with Gasteiger partial charge in [0.15, 0.2) is 0 Å². The van der Waals surface area contributed by atoms with E-state index in [1.807, 2.05) is 25.7 Å². The Bertz CT molecular complexity index is 300. The highest BCUT2D eigenvalue weighted by Crippen LogP contribution is 2.19. The van der Waals surface area contributed by atoms with E-state index in [2.05, 4.69) is 24.3 Å². The van der Waals surface area contributed by atoms with E-state index in [9.17, 15) is 4.79 Å². The zero-order valence-corrected chi connectivity index (χ0v) is 13.7. The van der Waals surface area contributed by atoms with E-state index in [-0.39, 0.29) is 12.1 Å². The topological polar surface area (TPSA) is 44.8 Å². The molecule has 1 fully saturated rings. The van der Waals surface area contributed by atoms with Crippen molar-refractivity contribution in [2.75, 3.05) is 40.3 Å². The van der Waals surface area contributed by atoms with Crippen molar-refractivity contribution in [2.45, 2.75) is 51.7 Å². The van der Waals surface area contributed by atoms with Crippen LogP contribution in [0.15, 0.2) is 0 Å². The minimum absolute atomic E-state index is 0.170. The Kier molecular flexibility index (Phi) is 6.76. The smallest absolute Gasteiger partial charge is 0.410 e. The summed E-state index contributed by atoms with van der Waals surface area (Å²) in [7, 11) is 4.13. The predicted molar refractivity (Wildman–Crippen MR) is 82.0 cm³/mol.